The molecule has 0 bridgehead atoms. The van der Waals surface area contributed by atoms with Crippen LogP contribution >= 0.6 is 12.6 Å². The average Bonchev–Trinajstić information content (AvgIpc) is 3.48. The van der Waals surface area contributed by atoms with Crippen LogP contribution in [0.15, 0.2) is 72.8 Å². The fourth-order valence-corrected chi connectivity index (χ4v) is 6.41. The molecule has 15 heteroatoms. The standard InChI is InChI=1S/C38H45N5O9S/c1-3-21(2)33(42-36(48)29(43-51)16-17-32(39)45)37(49)40-30(18-22-12-14-23(44)15-13-22)34(46)35(47)31(20-53)41-38(50)52-19-28-26-10-6-4-8-24(26)25-9-5-7-11-27(25)28/h4-15,21,28-31,33,43-44,51,53H,3,16-20H2,1-2H3,(H2,39,45)(H,40,49)(H,41,50)(H,42,48)/t21-,29-,30-,31-,33?/m0/s1. The molecule has 8 N–H and O–H groups in total. The van der Waals surface area contributed by atoms with Gasteiger partial charge in [-0.3, -0.25) is 24.0 Å². The molecule has 0 fully saturated rings. The first-order chi connectivity index (χ1) is 25.4. The first-order valence-electron chi connectivity index (χ1n) is 17.2. The second kappa shape index (κ2) is 19.0. The fourth-order valence-electron chi connectivity index (χ4n) is 6.16. The number of ketones is 2. The van der Waals surface area contributed by atoms with Gasteiger partial charge in [0.2, 0.25) is 29.3 Å². The number of primary amides is 1. The summed E-state index contributed by atoms with van der Waals surface area (Å²) in [7, 11) is 0. The average molecular weight is 748 g/mol. The summed E-state index contributed by atoms with van der Waals surface area (Å²) in [5.41, 5.74) is 11.5. The molecule has 0 radical (unpaired) electrons. The maximum absolute atomic E-state index is 13.8. The van der Waals surface area contributed by atoms with Crippen molar-refractivity contribution in [2.45, 2.75) is 69.6 Å². The van der Waals surface area contributed by atoms with Gasteiger partial charge in [0, 0.05) is 24.5 Å². The van der Waals surface area contributed by atoms with E-state index in [0.717, 1.165) is 22.3 Å². The highest BCUT2D eigenvalue weighted by Crippen LogP contribution is 2.44. The zero-order valence-electron chi connectivity index (χ0n) is 29.4. The van der Waals surface area contributed by atoms with Crippen LogP contribution in [0.4, 0.5) is 4.79 Å². The summed E-state index contributed by atoms with van der Waals surface area (Å²) < 4.78 is 5.57. The Hall–Kier alpha value is -5.25. The third-order valence-corrected chi connectivity index (χ3v) is 9.70. The fraction of sp³-hybridized carbons (Fsp3) is 0.368. The molecule has 0 aliphatic heterocycles. The number of nitrogens with one attached hydrogen (secondary N) is 4. The summed E-state index contributed by atoms with van der Waals surface area (Å²) in [4.78, 5) is 78.5. The van der Waals surface area contributed by atoms with Gasteiger partial charge < -0.3 is 36.7 Å². The van der Waals surface area contributed by atoms with Crippen molar-refractivity contribution in [3.8, 4) is 16.9 Å². The summed E-state index contributed by atoms with van der Waals surface area (Å²) in [6, 6.07) is 16.0. The van der Waals surface area contributed by atoms with Crippen LogP contribution in [0.3, 0.4) is 0 Å². The van der Waals surface area contributed by atoms with E-state index in [9.17, 15) is 39.1 Å². The summed E-state index contributed by atoms with van der Waals surface area (Å²) >= 11 is 4.21. The third-order valence-electron chi connectivity index (χ3n) is 9.33. The lowest BCUT2D eigenvalue weighted by Crippen LogP contribution is -2.59. The predicted octanol–water partition coefficient (Wildman–Crippen LogP) is 2.54. The molecule has 1 unspecified atom stereocenters. The predicted molar refractivity (Wildman–Crippen MR) is 198 cm³/mol. The molecule has 1 aliphatic rings. The number of aromatic hydroxyl groups is 1. The van der Waals surface area contributed by atoms with Crippen molar-refractivity contribution in [1.29, 1.82) is 0 Å². The van der Waals surface area contributed by atoms with Gasteiger partial charge in [0.1, 0.15) is 30.5 Å². The zero-order chi connectivity index (χ0) is 38.7. The molecule has 3 aromatic carbocycles. The highest BCUT2D eigenvalue weighted by atomic mass is 32.1. The number of hydrogen-bond acceptors (Lipinski definition) is 11. The summed E-state index contributed by atoms with van der Waals surface area (Å²) in [5, 5.41) is 26.9. The van der Waals surface area contributed by atoms with E-state index >= 15 is 0 Å². The molecule has 1 aliphatic carbocycles. The van der Waals surface area contributed by atoms with Gasteiger partial charge in [-0.1, -0.05) is 80.9 Å². The minimum atomic E-state index is -1.46. The maximum atomic E-state index is 13.8. The van der Waals surface area contributed by atoms with Gasteiger partial charge in [0.15, 0.2) is 0 Å². The number of nitrogens with two attached hydrogens (primary N) is 1. The minimum Gasteiger partial charge on any atom is -0.508 e. The number of rotatable bonds is 19. The number of thiol groups is 1. The SMILES string of the molecule is CC[C@H](C)C(NC(=O)[C@H](CCC(N)=O)NO)C(=O)N[C@@H](Cc1ccc(O)cc1)C(=O)C(=O)[C@H](CS)NC(=O)OCC1c2ccccc2-c2ccccc21. The van der Waals surface area contributed by atoms with Crippen LogP contribution in [0.5, 0.6) is 5.75 Å². The molecule has 0 saturated carbocycles. The number of carbonyl (C=O) groups excluding carboxylic acids is 6. The van der Waals surface area contributed by atoms with Gasteiger partial charge in [0.05, 0.1) is 6.04 Å². The molecule has 0 saturated heterocycles. The Bertz CT molecular complexity index is 1760. The Morgan fingerprint density at radius 2 is 1.40 bits per heavy atom. The monoisotopic (exact) mass is 747 g/mol. The number of phenols is 1. The van der Waals surface area contributed by atoms with Crippen LogP contribution < -0.4 is 27.2 Å². The van der Waals surface area contributed by atoms with E-state index in [1.165, 1.54) is 24.3 Å². The quantitative estimate of drug-likeness (QED) is 0.0508. The molecule has 5 atom stereocenters. The van der Waals surface area contributed by atoms with Crippen molar-refractivity contribution in [2.75, 3.05) is 12.4 Å². The number of ether oxygens (including phenoxy) is 1. The van der Waals surface area contributed by atoms with Gasteiger partial charge >= 0.3 is 6.09 Å². The molecule has 4 rings (SSSR count). The molecular formula is C38H45N5O9S. The normalized spacial score (nSPS) is 14.7. The molecule has 3 aromatic rings. The second-order valence-electron chi connectivity index (χ2n) is 12.9. The van der Waals surface area contributed by atoms with Crippen molar-refractivity contribution in [3.63, 3.8) is 0 Å². The molecule has 4 amide bonds. The van der Waals surface area contributed by atoms with Gasteiger partial charge in [-0.2, -0.15) is 18.1 Å². The lowest BCUT2D eigenvalue weighted by Gasteiger charge is -2.28. The summed E-state index contributed by atoms with van der Waals surface area (Å²) in [6.45, 7) is 3.44. The first kappa shape index (κ1) is 40.5. The van der Waals surface area contributed by atoms with E-state index in [1.807, 2.05) is 54.0 Å². The van der Waals surface area contributed by atoms with E-state index in [-0.39, 0.29) is 43.3 Å². The number of hydrogen-bond donors (Lipinski definition) is 8. The van der Waals surface area contributed by atoms with E-state index in [2.05, 4.69) is 28.6 Å². The topological polar surface area (TPSA) is 226 Å². The Morgan fingerprint density at radius 3 is 1.94 bits per heavy atom. The Morgan fingerprint density at radius 1 is 0.811 bits per heavy atom. The summed E-state index contributed by atoms with van der Waals surface area (Å²) in [6.07, 6.45) is -1.06. The van der Waals surface area contributed by atoms with E-state index in [1.54, 1.807) is 13.8 Å². The van der Waals surface area contributed by atoms with Crippen LogP contribution in [0.1, 0.15) is 55.7 Å². The number of phenolic OH excluding ortho intramolecular Hbond substituents is 1. The number of fused-ring (bicyclic) bond motifs is 3. The molecule has 0 spiro atoms. The number of carbonyl (C=O) groups is 6. The van der Waals surface area contributed by atoms with Crippen LogP contribution in [-0.2, 0) is 35.1 Å². The van der Waals surface area contributed by atoms with E-state index in [4.69, 9.17) is 10.5 Å². The minimum absolute atomic E-state index is 0.0290. The lowest BCUT2D eigenvalue weighted by molar-refractivity contribution is -0.140. The van der Waals surface area contributed by atoms with Crippen LogP contribution in [0.2, 0.25) is 0 Å². The molecule has 14 nitrogen and oxygen atoms in total. The Labute approximate surface area is 312 Å². The van der Waals surface area contributed by atoms with Crippen LogP contribution in [-0.4, -0.2) is 82.2 Å². The highest BCUT2D eigenvalue weighted by molar-refractivity contribution is 7.80. The van der Waals surface area contributed by atoms with E-state index < -0.39 is 65.5 Å². The third kappa shape index (κ3) is 10.4. The Kier molecular flexibility index (Phi) is 14.5. The largest absolute Gasteiger partial charge is 0.508 e. The molecule has 282 valence electrons. The van der Waals surface area contributed by atoms with Gasteiger partial charge in [-0.25, -0.2) is 4.79 Å². The van der Waals surface area contributed by atoms with Crippen molar-refractivity contribution < 1.29 is 43.8 Å². The van der Waals surface area contributed by atoms with Crippen molar-refractivity contribution in [1.82, 2.24) is 21.4 Å². The van der Waals surface area contributed by atoms with Gasteiger partial charge in [-0.15, -0.1) is 0 Å². The lowest BCUT2D eigenvalue weighted by atomic mass is 9.94. The highest BCUT2D eigenvalue weighted by Gasteiger charge is 2.37. The van der Waals surface area contributed by atoms with Gasteiger partial charge in [-0.05, 0) is 52.3 Å². The maximum Gasteiger partial charge on any atom is 0.407 e. The van der Waals surface area contributed by atoms with Crippen molar-refractivity contribution >= 4 is 48.0 Å². The smallest absolute Gasteiger partial charge is 0.407 e. The summed E-state index contributed by atoms with van der Waals surface area (Å²) in [5.74, 6) is -5.39. The van der Waals surface area contributed by atoms with Crippen LogP contribution in [0.25, 0.3) is 11.1 Å². The number of amides is 4. The van der Waals surface area contributed by atoms with Gasteiger partial charge in [0.25, 0.3) is 0 Å². The second-order valence-corrected chi connectivity index (χ2v) is 13.3. The van der Waals surface area contributed by atoms with Crippen LogP contribution in [0, 0.1) is 5.92 Å². The van der Waals surface area contributed by atoms with Crippen molar-refractivity contribution in [3.05, 3.63) is 89.5 Å². The molecule has 0 heterocycles. The number of benzene rings is 3. The number of alkyl carbamates (subject to hydrolysis) is 1. The number of hydroxylamine groups is 1. The van der Waals surface area contributed by atoms with E-state index in [0.29, 0.717) is 12.0 Å². The molecule has 53 heavy (non-hydrogen) atoms. The van der Waals surface area contributed by atoms with Crippen molar-refractivity contribution in [2.24, 2.45) is 11.7 Å². The Balaban J connectivity index is 1.48. The first-order valence-corrected chi connectivity index (χ1v) is 17.9. The zero-order valence-corrected chi connectivity index (χ0v) is 30.3. The molecule has 0 aromatic heterocycles. The number of Topliss-reactive ketones (excluding diaryl/α,β-unsaturated/α-hetero) is 2. The molecular weight excluding hydrogens is 703 g/mol.